The van der Waals surface area contributed by atoms with E-state index >= 15 is 0 Å². The Hall–Kier alpha value is -0.730. The van der Waals surface area contributed by atoms with Gasteiger partial charge in [-0.2, -0.15) is 0 Å². The summed E-state index contributed by atoms with van der Waals surface area (Å²) in [5, 5.41) is 3.11. The number of hydrogen-bond donors (Lipinski definition) is 2. The van der Waals surface area contributed by atoms with Gasteiger partial charge in [-0.3, -0.25) is 0 Å². The molecule has 0 aromatic rings. The summed E-state index contributed by atoms with van der Waals surface area (Å²) >= 11 is 0. The summed E-state index contributed by atoms with van der Waals surface area (Å²) < 4.78 is 0. The smallest absolute Gasteiger partial charge is 0.312 e. The number of amides is 2. The van der Waals surface area contributed by atoms with Gasteiger partial charge in [0.1, 0.15) is 0 Å². The third-order valence-electron chi connectivity index (χ3n) is 5.72. The van der Waals surface area contributed by atoms with E-state index in [2.05, 4.69) is 19.2 Å². The Balaban J connectivity index is 1.91. The number of hydrogen-bond acceptors (Lipinski definition) is 1. The van der Waals surface area contributed by atoms with E-state index in [0.717, 1.165) is 24.2 Å². The predicted octanol–water partition coefficient (Wildman–Crippen LogP) is 2.65. The van der Waals surface area contributed by atoms with Gasteiger partial charge in [-0.05, 0) is 61.7 Å². The van der Waals surface area contributed by atoms with Crippen molar-refractivity contribution in [2.24, 2.45) is 28.9 Å². The van der Waals surface area contributed by atoms with Gasteiger partial charge in [-0.1, -0.05) is 13.8 Å². The van der Waals surface area contributed by atoms with Crippen molar-refractivity contribution in [1.29, 1.82) is 0 Å². The first-order valence-electron chi connectivity index (χ1n) is 7.01. The fraction of sp³-hybridized carbons (Fsp3) is 0.929. The molecule has 4 rings (SSSR count). The summed E-state index contributed by atoms with van der Waals surface area (Å²) in [5.41, 5.74) is 5.90. The van der Waals surface area contributed by atoms with Crippen LogP contribution in [-0.2, 0) is 0 Å². The SMILES string of the molecule is CC(C)C12C[C@@H]3C[C@@H](CC(NC(N)=O)(C3)C1)C2. The lowest BCUT2D eigenvalue weighted by molar-refractivity contribution is -0.0996. The highest BCUT2D eigenvalue weighted by molar-refractivity contribution is 5.72. The van der Waals surface area contributed by atoms with Gasteiger partial charge in [0.15, 0.2) is 0 Å². The van der Waals surface area contributed by atoms with Crippen molar-refractivity contribution in [1.82, 2.24) is 5.32 Å². The van der Waals surface area contributed by atoms with Gasteiger partial charge in [-0.15, -0.1) is 0 Å². The molecule has 96 valence electrons. The van der Waals surface area contributed by atoms with Crippen LogP contribution in [0.2, 0.25) is 0 Å². The van der Waals surface area contributed by atoms with Crippen molar-refractivity contribution < 1.29 is 4.79 Å². The molecule has 0 heterocycles. The Morgan fingerprint density at radius 3 is 2.29 bits per heavy atom. The molecule has 0 aromatic heterocycles. The molecule has 3 N–H and O–H groups in total. The molecular formula is C14H24N2O. The summed E-state index contributed by atoms with van der Waals surface area (Å²) in [4.78, 5) is 11.3. The molecule has 3 nitrogen and oxygen atoms in total. The molecule has 0 radical (unpaired) electrons. The second-order valence-electron chi connectivity index (χ2n) is 7.25. The summed E-state index contributed by atoms with van der Waals surface area (Å²) in [6.07, 6.45) is 7.64. The van der Waals surface area contributed by atoms with Crippen molar-refractivity contribution in [3.63, 3.8) is 0 Å². The van der Waals surface area contributed by atoms with Crippen LogP contribution in [0.25, 0.3) is 0 Å². The summed E-state index contributed by atoms with van der Waals surface area (Å²) in [6.45, 7) is 4.70. The summed E-state index contributed by atoms with van der Waals surface area (Å²) in [5.74, 6) is 2.37. The fourth-order valence-corrected chi connectivity index (χ4v) is 5.42. The highest BCUT2D eigenvalue weighted by atomic mass is 16.2. The van der Waals surface area contributed by atoms with E-state index in [0.29, 0.717) is 5.41 Å². The lowest BCUT2D eigenvalue weighted by Crippen LogP contribution is -2.64. The van der Waals surface area contributed by atoms with Crippen molar-refractivity contribution in [3.8, 4) is 0 Å². The van der Waals surface area contributed by atoms with Crippen LogP contribution >= 0.6 is 0 Å². The molecule has 4 atom stereocenters. The summed E-state index contributed by atoms with van der Waals surface area (Å²) in [6, 6.07) is -0.328. The standard InChI is InChI=1S/C14H24N2O/c1-9(2)13-4-10-3-11(5-13)7-14(6-10,8-13)16-12(15)17/h9-11H,3-8H2,1-2H3,(H3,15,16,17)/t10-,11+,13?,14?. The minimum atomic E-state index is -0.328. The van der Waals surface area contributed by atoms with Crippen LogP contribution in [0.4, 0.5) is 4.79 Å². The maximum atomic E-state index is 11.3. The van der Waals surface area contributed by atoms with Crippen LogP contribution in [0, 0.1) is 23.2 Å². The average molecular weight is 236 g/mol. The van der Waals surface area contributed by atoms with E-state index in [1.807, 2.05) is 0 Å². The van der Waals surface area contributed by atoms with Gasteiger partial charge >= 0.3 is 6.03 Å². The molecule has 17 heavy (non-hydrogen) atoms. The molecular weight excluding hydrogens is 212 g/mol. The van der Waals surface area contributed by atoms with E-state index in [1.54, 1.807) is 0 Å². The zero-order chi connectivity index (χ0) is 12.3. The monoisotopic (exact) mass is 236 g/mol. The predicted molar refractivity (Wildman–Crippen MR) is 67.4 cm³/mol. The van der Waals surface area contributed by atoms with Gasteiger partial charge < -0.3 is 11.1 Å². The molecule has 0 spiro atoms. The second kappa shape index (κ2) is 3.39. The van der Waals surface area contributed by atoms with Crippen LogP contribution in [0.5, 0.6) is 0 Å². The molecule has 4 saturated carbocycles. The molecule has 0 aliphatic heterocycles. The number of nitrogens with one attached hydrogen (secondary N) is 1. The second-order valence-corrected chi connectivity index (χ2v) is 7.25. The van der Waals surface area contributed by atoms with E-state index in [-0.39, 0.29) is 11.6 Å². The number of nitrogens with two attached hydrogens (primary N) is 1. The molecule has 2 amide bonds. The molecule has 4 aliphatic rings. The van der Waals surface area contributed by atoms with Crippen molar-refractivity contribution in [2.45, 2.75) is 57.9 Å². The molecule has 4 bridgehead atoms. The Bertz CT molecular complexity index is 336. The Morgan fingerprint density at radius 1 is 1.24 bits per heavy atom. The first kappa shape index (κ1) is 11.4. The maximum absolute atomic E-state index is 11.3. The first-order valence-corrected chi connectivity index (χ1v) is 7.01. The maximum Gasteiger partial charge on any atom is 0.312 e. The topological polar surface area (TPSA) is 55.1 Å². The highest BCUT2D eigenvalue weighted by Gasteiger charge is 2.58. The normalized spacial score (nSPS) is 47.5. The van der Waals surface area contributed by atoms with Crippen molar-refractivity contribution >= 4 is 6.03 Å². The van der Waals surface area contributed by atoms with Gasteiger partial charge in [0.05, 0.1) is 0 Å². The Kier molecular flexibility index (Phi) is 2.27. The van der Waals surface area contributed by atoms with E-state index in [1.165, 1.54) is 32.1 Å². The third-order valence-corrected chi connectivity index (χ3v) is 5.72. The zero-order valence-corrected chi connectivity index (χ0v) is 11.0. The average Bonchev–Trinajstić information content (AvgIpc) is 2.12. The van der Waals surface area contributed by atoms with E-state index < -0.39 is 0 Å². The zero-order valence-electron chi connectivity index (χ0n) is 11.0. The fourth-order valence-electron chi connectivity index (χ4n) is 5.42. The van der Waals surface area contributed by atoms with E-state index in [9.17, 15) is 4.79 Å². The van der Waals surface area contributed by atoms with Crippen LogP contribution in [0.15, 0.2) is 0 Å². The minimum Gasteiger partial charge on any atom is -0.352 e. The van der Waals surface area contributed by atoms with Gasteiger partial charge in [0.2, 0.25) is 0 Å². The van der Waals surface area contributed by atoms with E-state index in [4.69, 9.17) is 5.73 Å². The Labute approximate surface area is 104 Å². The van der Waals surface area contributed by atoms with Crippen LogP contribution in [0.3, 0.4) is 0 Å². The number of carbonyl (C=O) groups excluding carboxylic acids is 1. The van der Waals surface area contributed by atoms with Crippen molar-refractivity contribution in [2.75, 3.05) is 0 Å². The lowest BCUT2D eigenvalue weighted by Gasteiger charge is -2.63. The third kappa shape index (κ3) is 1.66. The molecule has 4 aliphatic carbocycles. The van der Waals surface area contributed by atoms with Gasteiger partial charge in [0.25, 0.3) is 0 Å². The lowest BCUT2D eigenvalue weighted by atomic mass is 9.44. The van der Waals surface area contributed by atoms with Crippen LogP contribution < -0.4 is 11.1 Å². The molecule has 4 fully saturated rings. The molecule has 0 saturated heterocycles. The summed E-state index contributed by atoms with van der Waals surface area (Å²) in [7, 11) is 0. The quantitative estimate of drug-likeness (QED) is 0.761. The first-order chi connectivity index (χ1) is 7.93. The molecule has 0 aromatic carbocycles. The van der Waals surface area contributed by atoms with Crippen LogP contribution in [-0.4, -0.2) is 11.6 Å². The number of primary amides is 1. The molecule has 2 unspecified atom stereocenters. The van der Waals surface area contributed by atoms with Gasteiger partial charge in [0, 0.05) is 5.54 Å². The number of urea groups is 1. The Morgan fingerprint density at radius 2 is 1.82 bits per heavy atom. The number of rotatable bonds is 2. The highest BCUT2D eigenvalue weighted by Crippen LogP contribution is 2.63. The largest absolute Gasteiger partial charge is 0.352 e. The minimum absolute atomic E-state index is 0.0419. The van der Waals surface area contributed by atoms with Gasteiger partial charge in [-0.25, -0.2) is 4.79 Å². The number of carbonyl (C=O) groups is 1. The van der Waals surface area contributed by atoms with Crippen LogP contribution in [0.1, 0.15) is 52.4 Å². The molecule has 3 heteroatoms. The van der Waals surface area contributed by atoms with Crippen molar-refractivity contribution in [3.05, 3.63) is 0 Å².